The van der Waals surface area contributed by atoms with E-state index in [0.717, 1.165) is 19.5 Å². The number of hydrogen-bond acceptors (Lipinski definition) is 5. The van der Waals surface area contributed by atoms with Gasteiger partial charge in [-0.3, -0.25) is 9.78 Å². The Morgan fingerprint density at radius 1 is 1.22 bits per heavy atom. The van der Waals surface area contributed by atoms with Crippen LogP contribution in [0.15, 0.2) is 54.9 Å². The first-order valence-corrected chi connectivity index (χ1v) is 11.5. The summed E-state index contributed by atoms with van der Waals surface area (Å²) < 4.78 is 14.8. The number of aliphatic hydroxyl groups excluding tert-OH is 1. The number of aromatic nitrogens is 2. The molecule has 2 N–H and O–H groups in total. The van der Waals surface area contributed by atoms with Crippen molar-refractivity contribution in [2.24, 2.45) is 0 Å². The Morgan fingerprint density at radius 3 is 2.62 bits per heavy atom. The Kier molecular flexibility index (Phi) is 6.43. The highest BCUT2D eigenvalue weighted by Crippen LogP contribution is 2.40. The Labute approximate surface area is 200 Å². The van der Waals surface area contributed by atoms with Gasteiger partial charge in [0.25, 0.3) is 5.91 Å². The van der Waals surface area contributed by atoms with Gasteiger partial charge in [0.2, 0.25) is 0 Å². The zero-order valence-corrected chi connectivity index (χ0v) is 20.0. The number of nitrogens with one attached hydrogen (secondary N) is 1. The van der Waals surface area contributed by atoms with Gasteiger partial charge < -0.3 is 15.3 Å². The predicted octanol–water partition coefficient (Wildman–Crippen LogP) is 4.99. The first-order valence-electron chi connectivity index (χ1n) is 10.4. The number of carbonyl (C=O) groups is 1. The number of carbonyl (C=O) groups excluding carboxylic acids is 1. The SMILES string of the molecule is CC(O)c1ccc(C(=O)Nc2c(-c3ccccc3F)ccnc2N2CCC(C)(I)C2)cn1. The molecule has 0 bridgehead atoms. The van der Waals surface area contributed by atoms with Crippen LogP contribution in [0.1, 0.15) is 42.4 Å². The Bertz CT molecular complexity index is 1140. The number of amides is 1. The fourth-order valence-corrected chi connectivity index (χ4v) is 4.45. The number of halogens is 2. The molecule has 1 amide bonds. The van der Waals surface area contributed by atoms with E-state index in [0.29, 0.717) is 33.9 Å². The number of aliphatic hydroxyl groups is 1. The smallest absolute Gasteiger partial charge is 0.257 e. The molecule has 4 rings (SSSR count). The molecule has 2 unspecified atom stereocenters. The first kappa shape index (κ1) is 22.6. The third-order valence-corrected chi connectivity index (χ3v) is 6.41. The van der Waals surface area contributed by atoms with Crippen LogP contribution in [-0.4, -0.2) is 37.5 Å². The van der Waals surface area contributed by atoms with Crippen LogP contribution in [0.2, 0.25) is 0 Å². The Morgan fingerprint density at radius 2 is 2.00 bits per heavy atom. The topological polar surface area (TPSA) is 78.3 Å². The normalized spacial score (nSPS) is 19.1. The fraction of sp³-hybridized carbons (Fsp3) is 0.292. The highest BCUT2D eigenvalue weighted by atomic mass is 127. The molecular weight excluding hydrogens is 522 g/mol. The molecular formula is C24H24FIN4O2. The molecule has 1 aliphatic heterocycles. The number of anilines is 2. The molecule has 8 heteroatoms. The lowest BCUT2D eigenvalue weighted by atomic mass is 10.0. The summed E-state index contributed by atoms with van der Waals surface area (Å²) in [7, 11) is 0. The summed E-state index contributed by atoms with van der Waals surface area (Å²) in [6.45, 7) is 5.36. The van der Waals surface area contributed by atoms with Crippen LogP contribution >= 0.6 is 22.6 Å². The lowest BCUT2D eigenvalue weighted by Crippen LogP contribution is -2.27. The quantitative estimate of drug-likeness (QED) is 0.348. The highest BCUT2D eigenvalue weighted by Gasteiger charge is 2.33. The average molecular weight is 546 g/mol. The Balaban J connectivity index is 1.76. The van der Waals surface area contributed by atoms with Crippen molar-refractivity contribution in [1.29, 1.82) is 0 Å². The van der Waals surface area contributed by atoms with Gasteiger partial charge in [-0.25, -0.2) is 9.37 Å². The van der Waals surface area contributed by atoms with Gasteiger partial charge in [0.05, 0.1) is 23.0 Å². The van der Waals surface area contributed by atoms with Gasteiger partial charge in [-0.1, -0.05) is 40.8 Å². The number of pyridine rings is 2. The monoisotopic (exact) mass is 546 g/mol. The van der Waals surface area contributed by atoms with E-state index in [2.05, 4.69) is 49.7 Å². The molecule has 2 aromatic heterocycles. The number of benzene rings is 1. The van der Waals surface area contributed by atoms with Crippen LogP contribution in [0.5, 0.6) is 0 Å². The molecule has 0 aliphatic carbocycles. The summed E-state index contributed by atoms with van der Waals surface area (Å²) in [5, 5.41) is 12.6. The van der Waals surface area contributed by atoms with Crippen LogP contribution in [0.25, 0.3) is 11.1 Å². The molecule has 0 spiro atoms. The van der Waals surface area contributed by atoms with E-state index >= 15 is 0 Å². The molecule has 0 radical (unpaired) electrons. The summed E-state index contributed by atoms with van der Waals surface area (Å²) in [6, 6.07) is 11.4. The van der Waals surface area contributed by atoms with E-state index < -0.39 is 6.10 Å². The van der Waals surface area contributed by atoms with Crippen LogP contribution < -0.4 is 10.2 Å². The molecule has 32 heavy (non-hydrogen) atoms. The van der Waals surface area contributed by atoms with E-state index in [1.54, 1.807) is 49.5 Å². The van der Waals surface area contributed by atoms with Crippen molar-refractivity contribution in [3.05, 3.63) is 71.9 Å². The summed E-state index contributed by atoms with van der Waals surface area (Å²) in [6.07, 6.45) is 3.34. The fourth-order valence-electron chi connectivity index (χ4n) is 3.80. The van der Waals surface area contributed by atoms with Crippen molar-refractivity contribution in [2.75, 3.05) is 23.3 Å². The maximum absolute atomic E-state index is 14.7. The molecule has 2 atom stereocenters. The number of alkyl halides is 1. The van der Waals surface area contributed by atoms with Gasteiger partial charge in [0.1, 0.15) is 5.82 Å². The third kappa shape index (κ3) is 4.75. The summed E-state index contributed by atoms with van der Waals surface area (Å²) >= 11 is 2.44. The summed E-state index contributed by atoms with van der Waals surface area (Å²) in [5.41, 5.74) is 2.25. The maximum atomic E-state index is 14.7. The van der Waals surface area contributed by atoms with Crippen molar-refractivity contribution >= 4 is 40.0 Å². The third-order valence-electron chi connectivity index (χ3n) is 5.53. The molecule has 1 aromatic carbocycles. The minimum Gasteiger partial charge on any atom is -0.387 e. The van der Waals surface area contributed by atoms with Crippen LogP contribution in [0, 0.1) is 5.82 Å². The van der Waals surface area contributed by atoms with Crippen LogP contribution in [-0.2, 0) is 0 Å². The minimum atomic E-state index is -0.720. The number of rotatable bonds is 5. The lowest BCUT2D eigenvalue weighted by molar-refractivity contribution is 0.102. The molecule has 0 saturated carbocycles. The van der Waals surface area contributed by atoms with Crippen LogP contribution in [0.4, 0.5) is 15.9 Å². The maximum Gasteiger partial charge on any atom is 0.257 e. The van der Waals surface area contributed by atoms with Crippen molar-refractivity contribution in [1.82, 2.24) is 9.97 Å². The lowest BCUT2D eigenvalue weighted by Gasteiger charge is -2.24. The summed E-state index contributed by atoms with van der Waals surface area (Å²) in [5.74, 6) is -0.130. The number of nitrogens with zero attached hydrogens (tertiary/aromatic N) is 3. The van der Waals surface area contributed by atoms with E-state index in [1.165, 1.54) is 12.3 Å². The Hall–Kier alpha value is -2.59. The molecule has 3 aromatic rings. The minimum absolute atomic E-state index is 0.0927. The number of hydrogen-bond donors (Lipinski definition) is 2. The van der Waals surface area contributed by atoms with E-state index in [4.69, 9.17) is 0 Å². The van der Waals surface area contributed by atoms with Gasteiger partial charge in [0.15, 0.2) is 5.82 Å². The van der Waals surface area contributed by atoms with Crippen molar-refractivity contribution < 1.29 is 14.3 Å². The predicted molar refractivity (Wildman–Crippen MR) is 132 cm³/mol. The largest absolute Gasteiger partial charge is 0.387 e. The van der Waals surface area contributed by atoms with Gasteiger partial charge in [-0.15, -0.1) is 0 Å². The molecule has 1 aliphatic rings. The first-order chi connectivity index (χ1) is 15.2. The second-order valence-electron chi connectivity index (χ2n) is 8.22. The molecule has 1 saturated heterocycles. The zero-order chi connectivity index (χ0) is 22.9. The standard InChI is InChI=1S/C24H24FIN4O2/c1-15(31)20-8-7-16(13-28-20)23(32)29-21-18(17-5-3-4-6-19(17)25)9-11-27-22(21)30-12-10-24(2,26)14-30/h3-9,11,13,15,31H,10,12,14H2,1-2H3,(H,29,32). The molecule has 3 heterocycles. The second kappa shape index (κ2) is 9.11. The van der Waals surface area contributed by atoms with Crippen LogP contribution in [0.3, 0.4) is 0 Å². The second-order valence-corrected chi connectivity index (χ2v) is 10.8. The van der Waals surface area contributed by atoms with E-state index in [9.17, 15) is 14.3 Å². The summed E-state index contributed by atoms with van der Waals surface area (Å²) in [4.78, 5) is 23.9. The molecule has 1 fully saturated rings. The van der Waals surface area contributed by atoms with E-state index in [-0.39, 0.29) is 15.1 Å². The average Bonchev–Trinajstić information content (AvgIpc) is 3.14. The van der Waals surface area contributed by atoms with Gasteiger partial charge >= 0.3 is 0 Å². The molecule has 6 nitrogen and oxygen atoms in total. The zero-order valence-electron chi connectivity index (χ0n) is 17.8. The highest BCUT2D eigenvalue weighted by molar-refractivity contribution is 14.1. The van der Waals surface area contributed by atoms with Crippen molar-refractivity contribution in [2.45, 2.75) is 29.8 Å². The van der Waals surface area contributed by atoms with Gasteiger partial charge in [0, 0.05) is 40.0 Å². The molecule has 166 valence electrons. The van der Waals surface area contributed by atoms with Crippen molar-refractivity contribution in [3.8, 4) is 11.1 Å². The van der Waals surface area contributed by atoms with E-state index in [1.807, 2.05) is 0 Å². The van der Waals surface area contributed by atoms with Crippen molar-refractivity contribution in [3.63, 3.8) is 0 Å². The van der Waals surface area contributed by atoms with Gasteiger partial charge in [-0.05, 0) is 44.5 Å². The van der Waals surface area contributed by atoms with Gasteiger partial charge in [-0.2, -0.15) is 0 Å².